The number of nitrogens with one attached hydrogen (secondary N) is 2. The van der Waals surface area contributed by atoms with E-state index in [4.69, 9.17) is 4.74 Å². The van der Waals surface area contributed by atoms with Gasteiger partial charge >= 0.3 is 0 Å². The number of methoxy groups -OCH3 is 1. The highest BCUT2D eigenvalue weighted by molar-refractivity contribution is 5.98. The molecule has 5 nitrogen and oxygen atoms in total. The summed E-state index contributed by atoms with van der Waals surface area (Å²) in [6.07, 6.45) is 0.932. The van der Waals surface area contributed by atoms with Gasteiger partial charge in [0.05, 0.1) is 12.7 Å². The third-order valence-electron chi connectivity index (χ3n) is 3.39. The molecule has 0 saturated carbocycles. The van der Waals surface area contributed by atoms with Crippen molar-refractivity contribution >= 4 is 11.8 Å². The van der Waals surface area contributed by atoms with Gasteiger partial charge in [0.15, 0.2) is 0 Å². The summed E-state index contributed by atoms with van der Waals surface area (Å²) in [6.45, 7) is 5.67. The van der Waals surface area contributed by atoms with Gasteiger partial charge in [-0.05, 0) is 38.8 Å². The Bertz CT molecular complexity index is 524. The Balaban J connectivity index is 2.83. The van der Waals surface area contributed by atoms with E-state index in [9.17, 15) is 9.59 Å². The molecular formula is C16H24N2O3. The predicted molar refractivity (Wildman–Crippen MR) is 82.6 cm³/mol. The minimum atomic E-state index is -0.475. The molecule has 0 aromatic heterocycles. The second kappa shape index (κ2) is 7.11. The molecule has 1 aromatic rings. The smallest absolute Gasteiger partial charge is 0.255 e. The summed E-state index contributed by atoms with van der Waals surface area (Å²) < 4.78 is 5.25. The van der Waals surface area contributed by atoms with Crippen molar-refractivity contribution < 1.29 is 14.3 Å². The van der Waals surface area contributed by atoms with E-state index in [0.717, 1.165) is 5.56 Å². The Labute approximate surface area is 126 Å². The van der Waals surface area contributed by atoms with Crippen molar-refractivity contribution in [2.24, 2.45) is 0 Å². The van der Waals surface area contributed by atoms with E-state index in [-0.39, 0.29) is 11.8 Å². The first kappa shape index (κ1) is 17.0. The molecule has 0 aliphatic carbocycles. The van der Waals surface area contributed by atoms with Crippen molar-refractivity contribution in [3.05, 3.63) is 29.3 Å². The van der Waals surface area contributed by atoms with Crippen LogP contribution in [0.25, 0.3) is 0 Å². The van der Waals surface area contributed by atoms with E-state index in [0.29, 0.717) is 24.2 Å². The van der Waals surface area contributed by atoms with Crippen molar-refractivity contribution in [2.75, 3.05) is 14.2 Å². The number of amides is 2. The molecule has 116 valence electrons. The number of benzene rings is 1. The molecule has 0 saturated heterocycles. The minimum Gasteiger partial charge on any atom is -0.496 e. The fourth-order valence-electron chi connectivity index (χ4n) is 2.09. The highest BCUT2D eigenvalue weighted by atomic mass is 16.5. The summed E-state index contributed by atoms with van der Waals surface area (Å²) in [5.74, 6) is 0.326. The Kier molecular flexibility index (Phi) is 5.76. The van der Waals surface area contributed by atoms with Crippen LogP contribution in [-0.4, -0.2) is 31.5 Å². The lowest BCUT2D eigenvalue weighted by molar-refractivity contribution is -0.121. The zero-order valence-corrected chi connectivity index (χ0v) is 13.4. The van der Waals surface area contributed by atoms with Gasteiger partial charge in [0.2, 0.25) is 5.91 Å². The maximum atomic E-state index is 12.5. The van der Waals surface area contributed by atoms with Crippen LogP contribution in [0, 0.1) is 6.92 Å². The molecule has 2 N–H and O–H groups in total. The molecule has 1 rings (SSSR count). The molecule has 0 radical (unpaired) electrons. The molecule has 5 heteroatoms. The summed E-state index contributed by atoms with van der Waals surface area (Å²) in [5, 5.41) is 5.55. The average Bonchev–Trinajstić information content (AvgIpc) is 2.43. The molecule has 1 aromatic carbocycles. The first-order valence-electron chi connectivity index (χ1n) is 6.97. The standard InChI is InChI=1S/C16H24N2O3/c1-11-7-6-8-12(21-5)14(11)15(20)18-16(2,3)10-9-13(19)17-4/h6-8H,9-10H2,1-5H3,(H,17,19)(H,18,20). The fraction of sp³-hybridized carbons (Fsp3) is 0.500. The fourth-order valence-corrected chi connectivity index (χ4v) is 2.09. The number of carbonyl (C=O) groups excluding carboxylic acids is 2. The summed E-state index contributed by atoms with van der Waals surface area (Å²) in [5.41, 5.74) is 0.915. The Morgan fingerprint density at radius 1 is 1.29 bits per heavy atom. The van der Waals surface area contributed by atoms with E-state index in [1.54, 1.807) is 20.2 Å². The largest absolute Gasteiger partial charge is 0.496 e. The van der Waals surface area contributed by atoms with Crippen LogP contribution >= 0.6 is 0 Å². The number of rotatable bonds is 6. The third-order valence-corrected chi connectivity index (χ3v) is 3.39. The molecule has 0 fully saturated rings. The van der Waals surface area contributed by atoms with Gasteiger partial charge in [-0.15, -0.1) is 0 Å². The van der Waals surface area contributed by atoms with Gasteiger partial charge < -0.3 is 15.4 Å². The van der Waals surface area contributed by atoms with Gasteiger partial charge in [-0.1, -0.05) is 12.1 Å². The molecule has 0 spiro atoms. The zero-order valence-electron chi connectivity index (χ0n) is 13.4. The van der Waals surface area contributed by atoms with Crippen LogP contribution in [0.4, 0.5) is 0 Å². The normalized spacial score (nSPS) is 10.9. The van der Waals surface area contributed by atoms with E-state index in [2.05, 4.69) is 10.6 Å². The van der Waals surface area contributed by atoms with Gasteiger partial charge in [0.1, 0.15) is 5.75 Å². The number of hydrogen-bond donors (Lipinski definition) is 2. The molecule has 0 aliphatic heterocycles. The Morgan fingerprint density at radius 3 is 2.52 bits per heavy atom. The Hall–Kier alpha value is -2.04. The molecule has 0 bridgehead atoms. The summed E-state index contributed by atoms with van der Waals surface area (Å²) in [6, 6.07) is 5.48. The van der Waals surface area contributed by atoms with E-state index < -0.39 is 5.54 Å². The maximum absolute atomic E-state index is 12.5. The lowest BCUT2D eigenvalue weighted by Crippen LogP contribution is -2.44. The first-order chi connectivity index (χ1) is 9.80. The first-order valence-corrected chi connectivity index (χ1v) is 6.97. The zero-order chi connectivity index (χ0) is 16.0. The highest BCUT2D eigenvalue weighted by Crippen LogP contribution is 2.23. The second-order valence-corrected chi connectivity index (χ2v) is 5.66. The van der Waals surface area contributed by atoms with Crippen molar-refractivity contribution in [2.45, 2.75) is 39.2 Å². The van der Waals surface area contributed by atoms with Crippen LogP contribution in [-0.2, 0) is 4.79 Å². The Morgan fingerprint density at radius 2 is 1.95 bits per heavy atom. The number of aryl methyl sites for hydroxylation is 1. The molecule has 21 heavy (non-hydrogen) atoms. The average molecular weight is 292 g/mol. The quantitative estimate of drug-likeness (QED) is 0.843. The van der Waals surface area contributed by atoms with Gasteiger partial charge in [0, 0.05) is 19.0 Å². The van der Waals surface area contributed by atoms with Gasteiger partial charge in [0.25, 0.3) is 5.91 Å². The topological polar surface area (TPSA) is 67.4 Å². The van der Waals surface area contributed by atoms with Crippen molar-refractivity contribution in [3.8, 4) is 5.75 Å². The van der Waals surface area contributed by atoms with Crippen LogP contribution in [0.3, 0.4) is 0 Å². The lowest BCUT2D eigenvalue weighted by Gasteiger charge is -2.27. The minimum absolute atomic E-state index is 0.0363. The maximum Gasteiger partial charge on any atom is 0.255 e. The van der Waals surface area contributed by atoms with Crippen LogP contribution in [0.5, 0.6) is 5.75 Å². The van der Waals surface area contributed by atoms with Gasteiger partial charge in [-0.25, -0.2) is 0 Å². The molecule has 0 aliphatic rings. The number of hydrogen-bond acceptors (Lipinski definition) is 3. The monoisotopic (exact) mass is 292 g/mol. The number of carbonyl (C=O) groups is 2. The van der Waals surface area contributed by atoms with E-state index >= 15 is 0 Å². The van der Waals surface area contributed by atoms with E-state index in [1.807, 2.05) is 32.9 Å². The second-order valence-electron chi connectivity index (χ2n) is 5.66. The molecule has 0 unspecified atom stereocenters. The van der Waals surface area contributed by atoms with Crippen molar-refractivity contribution in [1.82, 2.24) is 10.6 Å². The summed E-state index contributed by atoms with van der Waals surface area (Å²) in [4.78, 5) is 23.8. The molecular weight excluding hydrogens is 268 g/mol. The predicted octanol–water partition coefficient (Wildman–Crippen LogP) is 2.04. The molecule has 0 atom stereocenters. The molecule has 2 amide bonds. The lowest BCUT2D eigenvalue weighted by atomic mass is 9.96. The van der Waals surface area contributed by atoms with Crippen molar-refractivity contribution in [1.29, 1.82) is 0 Å². The van der Waals surface area contributed by atoms with Gasteiger partial charge in [-0.2, -0.15) is 0 Å². The highest BCUT2D eigenvalue weighted by Gasteiger charge is 2.24. The number of ether oxygens (including phenoxy) is 1. The summed E-state index contributed by atoms with van der Waals surface area (Å²) >= 11 is 0. The van der Waals surface area contributed by atoms with E-state index in [1.165, 1.54) is 0 Å². The van der Waals surface area contributed by atoms with Crippen LogP contribution in [0.1, 0.15) is 42.6 Å². The summed E-state index contributed by atoms with van der Waals surface area (Å²) in [7, 11) is 3.15. The third kappa shape index (κ3) is 4.77. The van der Waals surface area contributed by atoms with Crippen LogP contribution in [0.15, 0.2) is 18.2 Å². The molecule has 0 heterocycles. The van der Waals surface area contributed by atoms with Gasteiger partial charge in [-0.3, -0.25) is 9.59 Å². The van der Waals surface area contributed by atoms with Crippen molar-refractivity contribution in [3.63, 3.8) is 0 Å². The SMILES string of the molecule is CNC(=O)CCC(C)(C)NC(=O)c1c(C)cccc1OC. The van der Waals surface area contributed by atoms with Crippen LogP contribution in [0.2, 0.25) is 0 Å². The van der Waals surface area contributed by atoms with Crippen LogP contribution < -0.4 is 15.4 Å².